The largest absolute Gasteiger partial charge is 0.493 e. The van der Waals surface area contributed by atoms with Crippen LogP contribution in [0, 0.1) is 6.92 Å². The van der Waals surface area contributed by atoms with Crippen molar-refractivity contribution in [1.82, 2.24) is 5.32 Å². The van der Waals surface area contributed by atoms with Crippen molar-refractivity contribution < 1.29 is 19.0 Å². The monoisotopic (exact) mass is 329 g/mol. The Morgan fingerprint density at radius 1 is 0.958 bits per heavy atom. The molecule has 0 spiro atoms. The van der Waals surface area contributed by atoms with E-state index >= 15 is 0 Å². The Morgan fingerprint density at radius 2 is 1.67 bits per heavy atom. The molecule has 0 heterocycles. The molecule has 0 atom stereocenters. The molecule has 0 aliphatic rings. The summed E-state index contributed by atoms with van der Waals surface area (Å²) in [5, 5.41) is 2.80. The number of aryl methyl sites for hydroxylation is 1. The van der Waals surface area contributed by atoms with E-state index in [9.17, 15) is 4.79 Å². The van der Waals surface area contributed by atoms with Crippen molar-refractivity contribution >= 4 is 5.91 Å². The quantitative estimate of drug-likeness (QED) is 0.719. The highest BCUT2D eigenvalue weighted by Gasteiger charge is 2.05. The first-order valence-electron chi connectivity index (χ1n) is 7.91. The second-order valence-electron chi connectivity index (χ2n) is 5.26. The van der Waals surface area contributed by atoms with E-state index in [0.717, 1.165) is 5.75 Å². The predicted molar refractivity (Wildman–Crippen MR) is 92.8 cm³/mol. The first kappa shape index (κ1) is 17.7. The molecule has 24 heavy (non-hydrogen) atoms. The van der Waals surface area contributed by atoms with Gasteiger partial charge < -0.3 is 19.5 Å². The fraction of sp³-hybridized carbons (Fsp3) is 0.316. The zero-order valence-electron chi connectivity index (χ0n) is 14.1. The highest BCUT2D eigenvalue weighted by Crippen LogP contribution is 2.25. The van der Waals surface area contributed by atoms with Crippen LogP contribution in [0.1, 0.15) is 12.0 Å². The van der Waals surface area contributed by atoms with E-state index in [2.05, 4.69) is 5.32 Å². The minimum absolute atomic E-state index is 0.0718. The third kappa shape index (κ3) is 5.83. The van der Waals surface area contributed by atoms with Crippen LogP contribution in [-0.4, -0.2) is 32.8 Å². The number of hydrogen-bond donors (Lipinski definition) is 1. The van der Waals surface area contributed by atoms with Crippen LogP contribution in [0.5, 0.6) is 17.2 Å². The molecule has 5 heteroatoms. The summed E-state index contributed by atoms with van der Waals surface area (Å²) >= 11 is 0. The highest BCUT2D eigenvalue weighted by atomic mass is 16.5. The Balaban J connectivity index is 1.60. The van der Waals surface area contributed by atoms with Gasteiger partial charge in [0.2, 0.25) is 5.91 Å². The fourth-order valence-electron chi connectivity index (χ4n) is 2.07. The highest BCUT2D eigenvalue weighted by molar-refractivity contribution is 5.75. The lowest BCUT2D eigenvalue weighted by Gasteiger charge is -2.11. The lowest BCUT2D eigenvalue weighted by molar-refractivity contribution is -0.121. The number of hydrogen-bond acceptors (Lipinski definition) is 4. The topological polar surface area (TPSA) is 56.8 Å². The molecule has 0 bridgehead atoms. The van der Waals surface area contributed by atoms with Gasteiger partial charge in [0, 0.05) is 0 Å². The molecule has 0 saturated heterocycles. The maximum absolute atomic E-state index is 11.8. The molecule has 0 aliphatic heterocycles. The summed E-state index contributed by atoms with van der Waals surface area (Å²) in [4.78, 5) is 11.8. The summed E-state index contributed by atoms with van der Waals surface area (Å²) in [6.45, 7) is 3.21. The lowest BCUT2D eigenvalue weighted by Crippen LogP contribution is -2.29. The number of benzene rings is 2. The second-order valence-corrected chi connectivity index (χ2v) is 5.26. The van der Waals surface area contributed by atoms with Gasteiger partial charge in [0.15, 0.2) is 11.5 Å². The van der Waals surface area contributed by atoms with Crippen LogP contribution in [-0.2, 0) is 4.79 Å². The second kappa shape index (κ2) is 9.45. The van der Waals surface area contributed by atoms with E-state index in [0.29, 0.717) is 31.3 Å². The number of carbonyl (C=O) groups is 1. The molecule has 1 N–H and O–H groups in total. The van der Waals surface area contributed by atoms with Gasteiger partial charge in [0.25, 0.3) is 0 Å². The summed E-state index contributed by atoms with van der Waals surface area (Å²) < 4.78 is 16.3. The van der Waals surface area contributed by atoms with E-state index in [1.54, 1.807) is 7.11 Å². The average molecular weight is 329 g/mol. The molecule has 5 nitrogen and oxygen atoms in total. The van der Waals surface area contributed by atoms with Crippen LogP contribution in [0.4, 0.5) is 0 Å². The number of amides is 1. The predicted octanol–water partition coefficient (Wildman–Crippen LogP) is 2.97. The number of nitrogens with one attached hydrogen (secondary N) is 1. The number of carbonyl (C=O) groups excluding carboxylic acids is 1. The Bertz CT molecular complexity index is 640. The zero-order chi connectivity index (χ0) is 17.2. The van der Waals surface area contributed by atoms with Crippen molar-refractivity contribution in [2.75, 3.05) is 26.9 Å². The molecule has 0 unspecified atom stereocenters. The van der Waals surface area contributed by atoms with Gasteiger partial charge in [0.1, 0.15) is 12.4 Å². The van der Waals surface area contributed by atoms with E-state index in [4.69, 9.17) is 14.2 Å². The van der Waals surface area contributed by atoms with E-state index < -0.39 is 0 Å². The Morgan fingerprint density at radius 3 is 2.38 bits per heavy atom. The first-order valence-corrected chi connectivity index (χ1v) is 7.91. The molecule has 2 aromatic rings. The van der Waals surface area contributed by atoms with Gasteiger partial charge in [-0.3, -0.25) is 4.79 Å². The van der Waals surface area contributed by atoms with Gasteiger partial charge in [-0.1, -0.05) is 29.8 Å². The number of ether oxygens (including phenoxy) is 3. The molecule has 0 aromatic heterocycles. The first-order chi connectivity index (χ1) is 11.7. The van der Waals surface area contributed by atoms with Gasteiger partial charge in [-0.25, -0.2) is 0 Å². The fourth-order valence-corrected chi connectivity index (χ4v) is 2.07. The van der Waals surface area contributed by atoms with Crippen LogP contribution in [0.15, 0.2) is 48.5 Å². The van der Waals surface area contributed by atoms with Crippen molar-refractivity contribution in [3.8, 4) is 17.2 Å². The molecular weight excluding hydrogens is 306 g/mol. The van der Waals surface area contributed by atoms with Gasteiger partial charge >= 0.3 is 0 Å². The molecule has 2 rings (SSSR count). The molecule has 0 radical (unpaired) electrons. The van der Waals surface area contributed by atoms with Crippen LogP contribution >= 0.6 is 0 Å². The summed E-state index contributed by atoms with van der Waals surface area (Å²) in [6, 6.07) is 15.2. The third-order valence-corrected chi connectivity index (χ3v) is 3.37. The summed E-state index contributed by atoms with van der Waals surface area (Å²) in [5.74, 6) is 2.02. The van der Waals surface area contributed by atoms with Gasteiger partial charge in [-0.2, -0.15) is 0 Å². The van der Waals surface area contributed by atoms with Crippen molar-refractivity contribution in [3.05, 3.63) is 54.1 Å². The van der Waals surface area contributed by atoms with E-state index in [1.165, 1.54) is 5.56 Å². The van der Waals surface area contributed by atoms with Crippen molar-refractivity contribution in [3.63, 3.8) is 0 Å². The zero-order valence-corrected chi connectivity index (χ0v) is 14.1. The van der Waals surface area contributed by atoms with E-state index in [1.807, 2.05) is 55.5 Å². The number of methoxy groups -OCH3 is 1. The maximum atomic E-state index is 11.8. The van der Waals surface area contributed by atoms with Crippen molar-refractivity contribution in [1.29, 1.82) is 0 Å². The van der Waals surface area contributed by atoms with Crippen molar-refractivity contribution in [2.24, 2.45) is 0 Å². The maximum Gasteiger partial charge on any atom is 0.223 e. The summed E-state index contributed by atoms with van der Waals surface area (Å²) in [5.41, 5.74) is 1.19. The average Bonchev–Trinajstić information content (AvgIpc) is 2.60. The number of rotatable bonds is 9. The van der Waals surface area contributed by atoms with Crippen LogP contribution in [0.2, 0.25) is 0 Å². The van der Waals surface area contributed by atoms with Crippen LogP contribution in [0.25, 0.3) is 0 Å². The van der Waals surface area contributed by atoms with Gasteiger partial charge in [0.05, 0.1) is 26.7 Å². The molecule has 0 aliphatic carbocycles. The standard InChI is InChI=1S/C19H23NO4/c1-15-7-9-16(10-8-15)23-14-12-20-19(21)11-13-24-18-6-4-3-5-17(18)22-2/h3-10H,11-14H2,1-2H3,(H,20,21). The van der Waals surface area contributed by atoms with Gasteiger partial charge in [-0.05, 0) is 31.2 Å². The smallest absolute Gasteiger partial charge is 0.223 e. The Labute approximate surface area is 142 Å². The van der Waals surface area contributed by atoms with Crippen LogP contribution in [0.3, 0.4) is 0 Å². The minimum atomic E-state index is -0.0718. The lowest BCUT2D eigenvalue weighted by atomic mass is 10.2. The SMILES string of the molecule is COc1ccccc1OCCC(=O)NCCOc1ccc(C)cc1. The molecule has 0 fully saturated rings. The molecule has 2 aromatic carbocycles. The Kier molecular flexibility index (Phi) is 6.95. The molecular formula is C19H23NO4. The van der Waals surface area contributed by atoms with Gasteiger partial charge in [-0.15, -0.1) is 0 Å². The molecule has 1 amide bonds. The molecule has 0 saturated carbocycles. The molecule has 128 valence electrons. The van der Waals surface area contributed by atoms with Crippen LogP contribution < -0.4 is 19.5 Å². The van der Waals surface area contributed by atoms with E-state index in [-0.39, 0.29) is 12.3 Å². The third-order valence-electron chi connectivity index (χ3n) is 3.37. The summed E-state index contributed by atoms with van der Waals surface area (Å²) in [7, 11) is 1.59. The normalized spacial score (nSPS) is 10.1. The van der Waals surface area contributed by atoms with Crippen molar-refractivity contribution in [2.45, 2.75) is 13.3 Å². The minimum Gasteiger partial charge on any atom is -0.493 e. The number of para-hydroxylation sites is 2. The summed E-state index contributed by atoms with van der Waals surface area (Å²) in [6.07, 6.45) is 0.280. The Hall–Kier alpha value is -2.69.